The summed E-state index contributed by atoms with van der Waals surface area (Å²) in [7, 11) is 0. The summed E-state index contributed by atoms with van der Waals surface area (Å²) in [5.41, 5.74) is 4.83. The van der Waals surface area contributed by atoms with Gasteiger partial charge in [0.2, 0.25) is 0 Å². The normalized spacial score (nSPS) is 12.7. The summed E-state index contributed by atoms with van der Waals surface area (Å²) >= 11 is 0. The van der Waals surface area contributed by atoms with Crippen molar-refractivity contribution >= 4 is 23.1 Å². The maximum atomic E-state index is 12.9. The molecular formula is C22H22N4O. The van der Waals surface area contributed by atoms with Crippen LogP contribution in [0.15, 0.2) is 60.9 Å². The van der Waals surface area contributed by atoms with Crippen LogP contribution in [0.25, 0.3) is 0 Å². The lowest BCUT2D eigenvalue weighted by Crippen LogP contribution is -2.31. The van der Waals surface area contributed by atoms with E-state index < -0.39 is 0 Å². The minimum atomic E-state index is -0.135. The summed E-state index contributed by atoms with van der Waals surface area (Å²) in [6.07, 6.45) is 4.27. The fourth-order valence-electron chi connectivity index (χ4n) is 3.52. The fraction of sp³-hybridized carbons (Fsp3) is 0.227. The van der Waals surface area contributed by atoms with Crippen LogP contribution in [0.4, 0.5) is 17.2 Å². The molecule has 0 atom stereocenters. The van der Waals surface area contributed by atoms with Gasteiger partial charge < -0.3 is 9.80 Å². The summed E-state index contributed by atoms with van der Waals surface area (Å²) in [4.78, 5) is 25.7. The van der Waals surface area contributed by atoms with Crippen LogP contribution in [0, 0.1) is 6.92 Å². The third-order valence-corrected chi connectivity index (χ3v) is 4.90. The average Bonchev–Trinajstić information content (AvgIpc) is 3.13. The smallest absolute Gasteiger partial charge is 0.278 e. The number of nitrogens with zero attached hydrogens (tertiary/aromatic N) is 4. The lowest BCUT2D eigenvalue weighted by Gasteiger charge is -2.22. The van der Waals surface area contributed by atoms with Crippen molar-refractivity contribution in [1.82, 2.24) is 9.97 Å². The number of carbonyl (C=O) groups excluding carboxylic acids is 1. The molecule has 5 nitrogen and oxygen atoms in total. The quantitative estimate of drug-likeness (QED) is 0.703. The molecule has 2 aromatic carbocycles. The first-order valence-corrected chi connectivity index (χ1v) is 9.23. The Bertz CT molecular complexity index is 968. The first-order chi connectivity index (χ1) is 13.2. The van der Waals surface area contributed by atoms with Crippen LogP contribution in [-0.4, -0.2) is 29.0 Å². The summed E-state index contributed by atoms with van der Waals surface area (Å²) < 4.78 is 0. The highest BCUT2D eigenvalue weighted by molar-refractivity contribution is 6.04. The van der Waals surface area contributed by atoms with E-state index in [1.54, 1.807) is 17.3 Å². The summed E-state index contributed by atoms with van der Waals surface area (Å²) in [6.45, 7) is 5.43. The number of para-hydroxylation sites is 1. The van der Waals surface area contributed by atoms with E-state index in [-0.39, 0.29) is 5.91 Å². The van der Waals surface area contributed by atoms with Gasteiger partial charge in [0.15, 0.2) is 5.82 Å². The van der Waals surface area contributed by atoms with Crippen LogP contribution in [-0.2, 0) is 6.42 Å². The molecule has 136 valence electrons. The number of benzene rings is 2. The zero-order valence-corrected chi connectivity index (χ0v) is 15.6. The van der Waals surface area contributed by atoms with Gasteiger partial charge >= 0.3 is 0 Å². The number of fused-ring (bicyclic) bond motifs is 1. The molecule has 0 N–H and O–H groups in total. The Balaban J connectivity index is 1.58. The highest BCUT2D eigenvalue weighted by atomic mass is 16.2. The number of hydrogen-bond donors (Lipinski definition) is 0. The van der Waals surface area contributed by atoms with Crippen molar-refractivity contribution in [2.75, 3.05) is 22.9 Å². The van der Waals surface area contributed by atoms with Crippen molar-refractivity contribution in [3.8, 4) is 0 Å². The molecule has 2 heterocycles. The third kappa shape index (κ3) is 3.28. The first-order valence-electron chi connectivity index (χ1n) is 9.23. The Kier molecular flexibility index (Phi) is 4.59. The third-order valence-electron chi connectivity index (χ3n) is 4.90. The molecular weight excluding hydrogens is 336 g/mol. The largest absolute Gasteiger partial charge is 0.325 e. The highest BCUT2D eigenvalue weighted by Crippen LogP contribution is 2.32. The van der Waals surface area contributed by atoms with Crippen LogP contribution < -0.4 is 9.80 Å². The number of carbonyl (C=O) groups is 1. The van der Waals surface area contributed by atoms with Gasteiger partial charge in [-0.3, -0.25) is 4.79 Å². The van der Waals surface area contributed by atoms with E-state index in [9.17, 15) is 4.79 Å². The van der Waals surface area contributed by atoms with Gasteiger partial charge in [-0.2, -0.15) is 0 Å². The molecule has 1 aromatic heterocycles. The molecule has 5 heteroatoms. The van der Waals surface area contributed by atoms with Gasteiger partial charge in [-0.05, 0) is 49.6 Å². The topological polar surface area (TPSA) is 49.3 Å². The lowest BCUT2D eigenvalue weighted by molar-refractivity contribution is 0.0983. The molecule has 4 rings (SSSR count). The number of anilines is 3. The zero-order valence-electron chi connectivity index (χ0n) is 15.6. The molecule has 3 aromatic rings. The monoisotopic (exact) mass is 358 g/mol. The molecule has 1 aliphatic rings. The van der Waals surface area contributed by atoms with Gasteiger partial charge in [-0.15, -0.1) is 0 Å². The molecule has 0 bridgehead atoms. The van der Waals surface area contributed by atoms with E-state index >= 15 is 0 Å². The predicted octanol–water partition coefficient (Wildman–Crippen LogP) is 4.15. The van der Waals surface area contributed by atoms with E-state index in [0.29, 0.717) is 12.2 Å². The minimum Gasteiger partial charge on any atom is -0.325 e. The Morgan fingerprint density at radius 3 is 2.70 bits per heavy atom. The molecule has 0 aliphatic carbocycles. The molecule has 1 aliphatic heterocycles. The standard InChI is InChI=1S/C22H22N4O/c1-3-25(18-9-6-7-16(2)13-18)22(27)19-14-24-21(15-23-19)26-12-11-17-8-4-5-10-20(17)26/h4-10,13-15H,3,11-12H2,1-2H3. The van der Waals surface area contributed by atoms with Crippen LogP contribution in [0.3, 0.4) is 0 Å². The van der Waals surface area contributed by atoms with E-state index in [4.69, 9.17) is 0 Å². The van der Waals surface area contributed by atoms with Crippen LogP contribution in [0.2, 0.25) is 0 Å². The van der Waals surface area contributed by atoms with Gasteiger partial charge in [0.25, 0.3) is 5.91 Å². The van der Waals surface area contributed by atoms with Crippen molar-refractivity contribution in [3.63, 3.8) is 0 Å². The van der Waals surface area contributed by atoms with Gasteiger partial charge in [-0.25, -0.2) is 9.97 Å². The molecule has 0 fully saturated rings. The van der Waals surface area contributed by atoms with E-state index in [0.717, 1.165) is 30.0 Å². The fourth-order valence-corrected chi connectivity index (χ4v) is 3.52. The highest BCUT2D eigenvalue weighted by Gasteiger charge is 2.22. The van der Waals surface area contributed by atoms with Crippen LogP contribution in [0.1, 0.15) is 28.5 Å². The second-order valence-corrected chi connectivity index (χ2v) is 6.68. The summed E-state index contributed by atoms with van der Waals surface area (Å²) in [6, 6.07) is 16.2. The van der Waals surface area contributed by atoms with E-state index in [1.807, 2.05) is 44.2 Å². The Labute approximate surface area is 159 Å². The van der Waals surface area contributed by atoms with Crippen molar-refractivity contribution in [2.24, 2.45) is 0 Å². The van der Waals surface area contributed by atoms with Crippen LogP contribution in [0.5, 0.6) is 0 Å². The molecule has 27 heavy (non-hydrogen) atoms. The molecule has 0 saturated heterocycles. The maximum Gasteiger partial charge on any atom is 0.278 e. The lowest BCUT2D eigenvalue weighted by atomic mass is 10.2. The SMILES string of the molecule is CCN(C(=O)c1cnc(N2CCc3ccccc32)cn1)c1cccc(C)c1. The average molecular weight is 358 g/mol. The maximum absolute atomic E-state index is 12.9. The predicted molar refractivity (Wildman–Crippen MR) is 108 cm³/mol. The summed E-state index contributed by atoms with van der Waals surface area (Å²) in [5.74, 6) is 0.638. The molecule has 0 spiro atoms. The second-order valence-electron chi connectivity index (χ2n) is 6.68. The second kappa shape index (κ2) is 7.19. The van der Waals surface area contributed by atoms with Crippen molar-refractivity contribution in [2.45, 2.75) is 20.3 Å². The zero-order chi connectivity index (χ0) is 18.8. The number of rotatable bonds is 4. The molecule has 0 radical (unpaired) electrons. The molecule has 0 unspecified atom stereocenters. The van der Waals surface area contributed by atoms with Gasteiger partial charge in [0.1, 0.15) is 5.69 Å². The summed E-state index contributed by atoms with van der Waals surface area (Å²) in [5, 5.41) is 0. The van der Waals surface area contributed by atoms with Crippen molar-refractivity contribution in [1.29, 1.82) is 0 Å². The van der Waals surface area contributed by atoms with Gasteiger partial charge in [0, 0.05) is 24.5 Å². The minimum absolute atomic E-state index is 0.135. The number of aryl methyl sites for hydroxylation is 1. The first kappa shape index (κ1) is 17.2. The van der Waals surface area contributed by atoms with Gasteiger partial charge in [0.05, 0.1) is 12.4 Å². The van der Waals surface area contributed by atoms with E-state index in [2.05, 4.69) is 33.1 Å². The van der Waals surface area contributed by atoms with Crippen molar-refractivity contribution in [3.05, 3.63) is 77.7 Å². The Morgan fingerprint density at radius 1 is 1.11 bits per heavy atom. The van der Waals surface area contributed by atoms with E-state index in [1.165, 1.54) is 11.3 Å². The molecule has 0 saturated carbocycles. The number of aromatic nitrogens is 2. The van der Waals surface area contributed by atoms with Gasteiger partial charge in [-0.1, -0.05) is 30.3 Å². The molecule has 1 amide bonds. The number of hydrogen-bond acceptors (Lipinski definition) is 4. The number of amides is 1. The Morgan fingerprint density at radius 2 is 1.96 bits per heavy atom. The van der Waals surface area contributed by atoms with Crippen LogP contribution >= 0.6 is 0 Å². The Hall–Kier alpha value is -3.21. The van der Waals surface area contributed by atoms with Crippen molar-refractivity contribution < 1.29 is 4.79 Å².